The SMILES string of the molecule is Cc1ccn2c(=O)cc(Cn3cc(CO)nn3)nc2c1. The second kappa shape index (κ2) is 4.86. The van der Waals surface area contributed by atoms with Gasteiger partial charge in [0.2, 0.25) is 0 Å². The number of hydrogen-bond acceptors (Lipinski definition) is 5. The Hall–Kier alpha value is -2.54. The molecule has 0 bridgehead atoms. The molecule has 0 aromatic carbocycles. The smallest absolute Gasteiger partial charge is 0.258 e. The summed E-state index contributed by atoms with van der Waals surface area (Å²) in [6.07, 6.45) is 3.34. The molecular weight excluding hydrogens is 258 g/mol. The number of hydrogen-bond donors (Lipinski definition) is 1. The van der Waals surface area contributed by atoms with E-state index < -0.39 is 0 Å². The molecule has 0 aliphatic rings. The average molecular weight is 271 g/mol. The van der Waals surface area contributed by atoms with Crippen LogP contribution in [0.15, 0.2) is 35.4 Å². The number of aliphatic hydroxyl groups is 1. The van der Waals surface area contributed by atoms with Gasteiger partial charge in [0, 0.05) is 12.3 Å². The fraction of sp³-hybridized carbons (Fsp3) is 0.231. The minimum absolute atomic E-state index is 0.132. The van der Waals surface area contributed by atoms with Gasteiger partial charge in [-0.25, -0.2) is 9.67 Å². The zero-order valence-corrected chi connectivity index (χ0v) is 10.9. The van der Waals surface area contributed by atoms with Crippen LogP contribution in [0.1, 0.15) is 17.0 Å². The first-order valence-corrected chi connectivity index (χ1v) is 6.14. The van der Waals surface area contributed by atoms with Gasteiger partial charge < -0.3 is 5.11 Å². The van der Waals surface area contributed by atoms with Crippen molar-refractivity contribution in [2.45, 2.75) is 20.1 Å². The molecular formula is C13H13N5O2. The molecule has 0 unspecified atom stereocenters. The Morgan fingerprint density at radius 2 is 2.15 bits per heavy atom. The lowest BCUT2D eigenvalue weighted by molar-refractivity contribution is 0.276. The first-order valence-electron chi connectivity index (χ1n) is 6.14. The van der Waals surface area contributed by atoms with Crippen molar-refractivity contribution < 1.29 is 5.11 Å². The number of aromatic nitrogens is 5. The Labute approximate surface area is 114 Å². The second-order valence-electron chi connectivity index (χ2n) is 4.58. The van der Waals surface area contributed by atoms with Gasteiger partial charge in [0.25, 0.3) is 5.56 Å². The van der Waals surface area contributed by atoms with Crippen LogP contribution in [-0.4, -0.2) is 29.5 Å². The van der Waals surface area contributed by atoms with E-state index in [2.05, 4.69) is 15.3 Å². The topological polar surface area (TPSA) is 85.3 Å². The van der Waals surface area contributed by atoms with Gasteiger partial charge in [-0.05, 0) is 24.6 Å². The summed E-state index contributed by atoms with van der Waals surface area (Å²) in [6.45, 7) is 2.13. The van der Waals surface area contributed by atoms with Crippen molar-refractivity contribution in [3.63, 3.8) is 0 Å². The lowest BCUT2D eigenvalue weighted by Gasteiger charge is -2.04. The minimum atomic E-state index is -0.160. The molecule has 7 nitrogen and oxygen atoms in total. The predicted octanol–water partition coefficient (Wildman–Crippen LogP) is 0.135. The first kappa shape index (κ1) is 12.5. The molecule has 0 fully saturated rings. The highest BCUT2D eigenvalue weighted by atomic mass is 16.3. The number of rotatable bonds is 3. The Kier molecular flexibility index (Phi) is 3.03. The summed E-state index contributed by atoms with van der Waals surface area (Å²) in [5, 5.41) is 16.6. The predicted molar refractivity (Wildman–Crippen MR) is 71.2 cm³/mol. The van der Waals surface area contributed by atoms with Crippen LogP contribution in [-0.2, 0) is 13.2 Å². The van der Waals surface area contributed by atoms with Gasteiger partial charge in [0.05, 0.1) is 25.0 Å². The molecule has 102 valence electrons. The quantitative estimate of drug-likeness (QED) is 0.732. The van der Waals surface area contributed by atoms with E-state index in [1.165, 1.54) is 10.5 Å². The van der Waals surface area contributed by atoms with E-state index in [1.54, 1.807) is 17.1 Å². The van der Waals surface area contributed by atoms with Crippen molar-refractivity contribution >= 4 is 5.65 Å². The van der Waals surface area contributed by atoms with Gasteiger partial charge in [-0.3, -0.25) is 9.20 Å². The van der Waals surface area contributed by atoms with Gasteiger partial charge in [0.1, 0.15) is 11.3 Å². The van der Waals surface area contributed by atoms with Crippen molar-refractivity contribution in [2.75, 3.05) is 0 Å². The van der Waals surface area contributed by atoms with Crippen LogP contribution in [0.2, 0.25) is 0 Å². The molecule has 7 heteroatoms. The van der Waals surface area contributed by atoms with Crippen molar-refractivity contribution in [1.82, 2.24) is 24.4 Å². The third-order valence-electron chi connectivity index (χ3n) is 2.95. The van der Waals surface area contributed by atoms with E-state index in [9.17, 15) is 4.79 Å². The molecule has 0 saturated carbocycles. The van der Waals surface area contributed by atoms with Crippen LogP contribution in [0, 0.1) is 6.92 Å². The summed E-state index contributed by atoms with van der Waals surface area (Å²) >= 11 is 0. The van der Waals surface area contributed by atoms with Crippen molar-refractivity contribution in [3.05, 3.63) is 57.9 Å². The van der Waals surface area contributed by atoms with Gasteiger partial charge in [-0.2, -0.15) is 0 Å². The molecule has 3 aromatic rings. The average Bonchev–Trinajstić information content (AvgIpc) is 2.85. The number of pyridine rings is 1. The Balaban J connectivity index is 2.01. The molecule has 0 aliphatic heterocycles. The van der Waals surface area contributed by atoms with Crippen LogP contribution in [0.25, 0.3) is 5.65 Å². The van der Waals surface area contributed by atoms with Gasteiger partial charge >= 0.3 is 0 Å². The Bertz CT molecular complexity index is 821. The van der Waals surface area contributed by atoms with Crippen LogP contribution in [0.3, 0.4) is 0 Å². The van der Waals surface area contributed by atoms with E-state index in [0.717, 1.165) is 5.56 Å². The Morgan fingerprint density at radius 3 is 2.90 bits per heavy atom. The molecule has 0 aliphatic carbocycles. The summed E-state index contributed by atoms with van der Waals surface area (Å²) < 4.78 is 3.04. The zero-order valence-electron chi connectivity index (χ0n) is 10.9. The standard InChI is InChI=1S/C13H13N5O2/c1-9-2-3-18-12(4-9)14-10(5-13(18)20)6-17-7-11(8-19)15-16-17/h2-5,7,19H,6,8H2,1H3. The maximum Gasteiger partial charge on any atom is 0.258 e. The van der Waals surface area contributed by atoms with Gasteiger partial charge in [-0.15, -0.1) is 5.10 Å². The fourth-order valence-electron chi connectivity index (χ4n) is 1.99. The highest BCUT2D eigenvalue weighted by molar-refractivity contribution is 5.41. The number of nitrogens with zero attached hydrogens (tertiary/aromatic N) is 5. The molecule has 3 aromatic heterocycles. The summed E-state index contributed by atoms with van der Waals surface area (Å²) in [7, 11) is 0. The van der Waals surface area contributed by atoms with Gasteiger partial charge in [-0.1, -0.05) is 5.21 Å². The van der Waals surface area contributed by atoms with E-state index in [0.29, 0.717) is 23.6 Å². The van der Waals surface area contributed by atoms with Crippen molar-refractivity contribution in [3.8, 4) is 0 Å². The molecule has 20 heavy (non-hydrogen) atoms. The fourth-order valence-corrected chi connectivity index (χ4v) is 1.99. The molecule has 3 rings (SSSR count). The summed E-state index contributed by atoms with van der Waals surface area (Å²) in [4.78, 5) is 16.4. The largest absolute Gasteiger partial charge is 0.390 e. The second-order valence-corrected chi connectivity index (χ2v) is 4.58. The lowest BCUT2D eigenvalue weighted by atomic mass is 10.3. The van der Waals surface area contributed by atoms with E-state index in [-0.39, 0.29) is 12.2 Å². The number of aryl methyl sites for hydroxylation is 1. The normalized spacial score (nSPS) is 11.1. The van der Waals surface area contributed by atoms with E-state index in [4.69, 9.17) is 5.11 Å². The van der Waals surface area contributed by atoms with Crippen LogP contribution in [0.5, 0.6) is 0 Å². The van der Waals surface area contributed by atoms with Crippen LogP contribution >= 0.6 is 0 Å². The maximum atomic E-state index is 12.0. The third-order valence-corrected chi connectivity index (χ3v) is 2.95. The third kappa shape index (κ3) is 2.30. The molecule has 0 spiro atoms. The first-order chi connectivity index (χ1) is 9.65. The Morgan fingerprint density at radius 1 is 1.30 bits per heavy atom. The monoisotopic (exact) mass is 271 g/mol. The molecule has 1 N–H and O–H groups in total. The van der Waals surface area contributed by atoms with Crippen molar-refractivity contribution in [1.29, 1.82) is 0 Å². The van der Waals surface area contributed by atoms with Crippen LogP contribution < -0.4 is 5.56 Å². The molecule has 0 saturated heterocycles. The highest BCUT2D eigenvalue weighted by Gasteiger charge is 2.05. The number of aliphatic hydroxyl groups excluding tert-OH is 1. The van der Waals surface area contributed by atoms with Crippen LogP contribution in [0.4, 0.5) is 0 Å². The van der Waals surface area contributed by atoms with E-state index >= 15 is 0 Å². The molecule has 3 heterocycles. The summed E-state index contributed by atoms with van der Waals surface area (Å²) in [5.74, 6) is 0. The number of fused-ring (bicyclic) bond motifs is 1. The molecule has 0 atom stereocenters. The lowest BCUT2D eigenvalue weighted by Crippen LogP contribution is -2.17. The summed E-state index contributed by atoms with van der Waals surface area (Å²) in [5.41, 5.74) is 2.60. The minimum Gasteiger partial charge on any atom is -0.390 e. The van der Waals surface area contributed by atoms with Crippen molar-refractivity contribution in [2.24, 2.45) is 0 Å². The molecule has 0 amide bonds. The summed E-state index contributed by atoms with van der Waals surface area (Å²) in [6, 6.07) is 5.19. The molecule has 0 radical (unpaired) electrons. The highest BCUT2D eigenvalue weighted by Crippen LogP contribution is 2.04. The maximum absolute atomic E-state index is 12.0. The van der Waals surface area contributed by atoms with Gasteiger partial charge in [0.15, 0.2) is 0 Å². The van der Waals surface area contributed by atoms with E-state index in [1.807, 2.05) is 19.1 Å². The zero-order chi connectivity index (χ0) is 14.1.